The quantitative estimate of drug-likeness (QED) is 0.787. The topological polar surface area (TPSA) is 33.5 Å². The first-order valence-electron chi connectivity index (χ1n) is 6.55. The van der Waals surface area contributed by atoms with Crippen molar-refractivity contribution in [1.29, 1.82) is 0 Å². The zero-order valence-electron chi connectivity index (χ0n) is 10.3. The van der Waals surface area contributed by atoms with E-state index < -0.39 is 0 Å². The Kier molecular flexibility index (Phi) is 2.79. The fourth-order valence-corrected chi connectivity index (χ4v) is 3.27. The van der Waals surface area contributed by atoms with Crippen molar-refractivity contribution in [2.24, 2.45) is 0 Å². The highest BCUT2D eigenvalue weighted by molar-refractivity contribution is 5.80. The number of aryl methyl sites for hydroxylation is 1. The van der Waals surface area contributed by atoms with Crippen molar-refractivity contribution in [1.82, 2.24) is 4.90 Å². The summed E-state index contributed by atoms with van der Waals surface area (Å²) in [6.07, 6.45) is 5.10. The first kappa shape index (κ1) is 11.0. The fourth-order valence-electron chi connectivity index (χ4n) is 3.27. The Balaban J connectivity index is 1.76. The molecule has 0 aliphatic carbocycles. The maximum absolute atomic E-state index is 11.6. The van der Waals surface area contributed by atoms with E-state index in [-0.39, 0.29) is 0 Å². The van der Waals surface area contributed by atoms with Crippen LogP contribution in [0.4, 0.5) is 0 Å². The van der Waals surface area contributed by atoms with Gasteiger partial charge in [0.2, 0.25) is 0 Å². The third-order valence-electron chi connectivity index (χ3n) is 4.07. The molecule has 1 aromatic heterocycles. The molecular formula is C14H19NO2. The van der Waals surface area contributed by atoms with E-state index in [9.17, 15) is 4.79 Å². The molecule has 2 aliphatic rings. The molecule has 92 valence electrons. The molecule has 0 N–H and O–H groups in total. The van der Waals surface area contributed by atoms with E-state index in [4.69, 9.17) is 4.42 Å². The predicted molar refractivity (Wildman–Crippen MR) is 64.7 cm³/mol. The molecule has 2 aliphatic heterocycles. The van der Waals surface area contributed by atoms with Crippen molar-refractivity contribution in [3.8, 4) is 0 Å². The number of carbonyl (C=O) groups is 1. The van der Waals surface area contributed by atoms with Gasteiger partial charge in [-0.25, -0.2) is 0 Å². The van der Waals surface area contributed by atoms with Gasteiger partial charge in [-0.15, -0.1) is 0 Å². The average Bonchev–Trinajstić information content (AvgIpc) is 2.65. The summed E-state index contributed by atoms with van der Waals surface area (Å²) < 4.78 is 5.65. The van der Waals surface area contributed by atoms with Crippen molar-refractivity contribution in [3.05, 3.63) is 23.7 Å². The lowest BCUT2D eigenvalue weighted by Gasteiger charge is -2.45. The maximum Gasteiger partial charge on any atom is 0.136 e. The van der Waals surface area contributed by atoms with Gasteiger partial charge in [0.05, 0.1) is 6.54 Å². The van der Waals surface area contributed by atoms with E-state index in [0.717, 1.165) is 30.9 Å². The number of rotatable bonds is 2. The molecule has 2 fully saturated rings. The largest absolute Gasteiger partial charge is 0.465 e. The van der Waals surface area contributed by atoms with Crippen LogP contribution >= 0.6 is 0 Å². The third-order valence-corrected chi connectivity index (χ3v) is 4.07. The SMILES string of the molecule is Cc1ccc(CN2C3CCCC2CC(=O)C3)o1. The van der Waals surface area contributed by atoms with Gasteiger partial charge in [-0.05, 0) is 31.9 Å². The number of furan rings is 1. The second-order valence-electron chi connectivity index (χ2n) is 5.37. The van der Waals surface area contributed by atoms with Gasteiger partial charge in [-0.3, -0.25) is 9.69 Å². The van der Waals surface area contributed by atoms with Gasteiger partial charge in [0, 0.05) is 24.9 Å². The number of hydrogen-bond acceptors (Lipinski definition) is 3. The second-order valence-corrected chi connectivity index (χ2v) is 5.37. The number of carbonyl (C=O) groups excluding carboxylic acids is 1. The minimum atomic E-state index is 0.451. The number of piperidine rings is 2. The van der Waals surface area contributed by atoms with Crippen molar-refractivity contribution in [3.63, 3.8) is 0 Å². The van der Waals surface area contributed by atoms with Crippen LogP contribution in [-0.2, 0) is 11.3 Å². The lowest BCUT2D eigenvalue weighted by Crippen LogP contribution is -2.51. The fraction of sp³-hybridized carbons (Fsp3) is 0.643. The highest BCUT2D eigenvalue weighted by atomic mass is 16.3. The van der Waals surface area contributed by atoms with Crippen LogP contribution < -0.4 is 0 Å². The van der Waals surface area contributed by atoms with E-state index >= 15 is 0 Å². The molecule has 17 heavy (non-hydrogen) atoms. The van der Waals surface area contributed by atoms with Crippen molar-refractivity contribution in [2.75, 3.05) is 0 Å². The Hall–Kier alpha value is -1.09. The van der Waals surface area contributed by atoms with Gasteiger partial charge in [-0.2, -0.15) is 0 Å². The number of nitrogens with zero attached hydrogens (tertiary/aromatic N) is 1. The Morgan fingerprint density at radius 3 is 2.59 bits per heavy atom. The summed E-state index contributed by atoms with van der Waals surface area (Å²) in [5.41, 5.74) is 0. The minimum Gasteiger partial charge on any atom is -0.465 e. The lowest BCUT2D eigenvalue weighted by atomic mass is 9.84. The van der Waals surface area contributed by atoms with Crippen molar-refractivity contribution < 1.29 is 9.21 Å². The summed E-state index contributed by atoms with van der Waals surface area (Å²) in [6, 6.07) is 4.99. The summed E-state index contributed by atoms with van der Waals surface area (Å²) in [7, 11) is 0. The highest BCUT2D eigenvalue weighted by Gasteiger charge is 2.37. The van der Waals surface area contributed by atoms with E-state index in [2.05, 4.69) is 11.0 Å². The zero-order chi connectivity index (χ0) is 11.8. The van der Waals surface area contributed by atoms with Crippen LogP contribution in [0.15, 0.2) is 16.5 Å². The number of fused-ring (bicyclic) bond motifs is 2. The molecule has 3 rings (SSSR count). The zero-order valence-corrected chi connectivity index (χ0v) is 10.3. The molecular weight excluding hydrogens is 214 g/mol. The molecule has 0 saturated carbocycles. The Morgan fingerprint density at radius 2 is 2.00 bits per heavy atom. The van der Waals surface area contributed by atoms with Gasteiger partial charge in [0.15, 0.2) is 0 Å². The average molecular weight is 233 g/mol. The predicted octanol–water partition coefficient (Wildman–Crippen LogP) is 2.67. The molecule has 0 aromatic carbocycles. The number of hydrogen-bond donors (Lipinski definition) is 0. The summed E-state index contributed by atoms with van der Waals surface area (Å²) >= 11 is 0. The first-order chi connectivity index (χ1) is 8.22. The summed E-state index contributed by atoms with van der Waals surface area (Å²) in [5.74, 6) is 2.46. The van der Waals surface area contributed by atoms with E-state index in [1.54, 1.807) is 0 Å². The van der Waals surface area contributed by atoms with Gasteiger partial charge in [0.25, 0.3) is 0 Å². The Bertz CT molecular complexity index is 408. The molecule has 3 nitrogen and oxygen atoms in total. The van der Waals surface area contributed by atoms with Gasteiger partial charge >= 0.3 is 0 Å². The summed E-state index contributed by atoms with van der Waals surface area (Å²) in [4.78, 5) is 14.1. The second kappa shape index (κ2) is 4.30. The molecule has 2 bridgehead atoms. The normalized spacial score (nSPS) is 29.6. The maximum atomic E-state index is 11.6. The van der Waals surface area contributed by atoms with Crippen LogP contribution in [0.3, 0.4) is 0 Å². The van der Waals surface area contributed by atoms with Gasteiger partial charge in [0.1, 0.15) is 17.3 Å². The van der Waals surface area contributed by atoms with Crippen LogP contribution in [0.1, 0.15) is 43.6 Å². The van der Waals surface area contributed by atoms with Crippen LogP contribution in [0.25, 0.3) is 0 Å². The van der Waals surface area contributed by atoms with Crippen LogP contribution in [-0.4, -0.2) is 22.8 Å². The molecule has 3 heteroatoms. The van der Waals surface area contributed by atoms with E-state index in [1.807, 2.05) is 13.0 Å². The van der Waals surface area contributed by atoms with Gasteiger partial charge in [-0.1, -0.05) is 6.42 Å². The smallest absolute Gasteiger partial charge is 0.136 e. The van der Waals surface area contributed by atoms with Crippen LogP contribution in [0.2, 0.25) is 0 Å². The molecule has 2 saturated heterocycles. The van der Waals surface area contributed by atoms with Crippen molar-refractivity contribution in [2.45, 2.75) is 57.7 Å². The Morgan fingerprint density at radius 1 is 1.29 bits per heavy atom. The lowest BCUT2D eigenvalue weighted by molar-refractivity contribution is -0.127. The molecule has 0 amide bonds. The molecule has 2 unspecified atom stereocenters. The summed E-state index contributed by atoms with van der Waals surface area (Å²) in [5, 5.41) is 0. The molecule has 1 aromatic rings. The number of Topliss-reactive ketones (excluding diaryl/α,β-unsaturated/α-hetero) is 1. The monoisotopic (exact) mass is 233 g/mol. The minimum absolute atomic E-state index is 0.451. The standard InChI is InChI=1S/C14H19NO2/c1-10-5-6-14(17-10)9-15-11-3-2-4-12(15)8-13(16)7-11/h5-6,11-12H,2-4,7-9H2,1H3. The molecule has 3 heterocycles. The van der Waals surface area contributed by atoms with Crippen molar-refractivity contribution >= 4 is 5.78 Å². The van der Waals surface area contributed by atoms with E-state index in [0.29, 0.717) is 17.9 Å². The Labute approximate surface area is 102 Å². The first-order valence-corrected chi connectivity index (χ1v) is 6.55. The number of ketones is 1. The van der Waals surface area contributed by atoms with E-state index in [1.165, 1.54) is 19.3 Å². The molecule has 0 spiro atoms. The van der Waals surface area contributed by atoms with Gasteiger partial charge < -0.3 is 4.42 Å². The molecule has 0 radical (unpaired) electrons. The third kappa shape index (κ3) is 2.16. The highest BCUT2D eigenvalue weighted by Crippen LogP contribution is 2.33. The molecule has 2 atom stereocenters. The van der Waals surface area contributed by atoms with Crippen LogP contribution in [0.5, 0.6) is 0 Å². The summed E-state index contributed by atoms with van der Waals surface area (Å²) in [6.45, 7) is 2.85. The van der Waals surface area contributed by atoms with Crippen LogP contribution in [0, 0.1) is 6.92 Å².